The second-order valence-electron chi connectivity index (χ2n) is 6.79. The van der Waals surface area contributed by atoms with E-state index in [2.05, 4.69) is 34.6 Å². The molecule has 0 aliphatic carbocycles. The smallest absolute Gasteiger partial charge is 0.0786 e. The molecular formula is C20H50N2O2. The summed E-state index contributed by atoms with van der Waals surface area (Å²) >= 11 is 0. The van der Waals surface area contributed by atoms with E-state index in [1.165, 1.54) is 94.9 Å². The Hall–Kier alpha value is -0.160. The third kappa shape index (κ3) is 19.9. The van der Waals surface area contributed by atoms with E-state index < -0.39 is 0 Å². The summed E-state index contributed by atoms with van der Waals surface area (Å²) in [5, 5.41) is 0. The van der Waals surface area contributed by atoms with Gasteiger partial charge in [0.15, 0.2) is 0 Å². The molecule has 0 radical (unpaired) electrons. The van der Waals surface area contributed by atoms with Gasteiger partial charge in [-0.2, -0.15) is 0 Å². The topological polar surface area (TPSA) is 87.5 Å². The fraction of sp³-hybridized carbons (Fsp3) is 1.00. The lowest BCUT2D eigenvalue weighted by Crippen LogP contribution is -2.50. The van der Waals surface area contributed by atoms with E-state index in [0.29, 0.717) is 0 Å². The summed E-state index contributed by atoms with van der Waals surface area (Å²) < 4.78 is 1.42. The van der Waals surface area contributed by atoms with Gasteiger partial charge in [-0.3, -0.25) is 0 Å². The van der Waals surface area contributed by atoms with E-state index >= 15 is 0 Å². The van der Waals surface area contributed by atoms with Crippen LogP contribution in [-0.4, -0.2) is 48.2 Å². The van der Waals surface area contributed by atoms with Crippen molar-refractivity contribution in [2.45, 2.75) is 98.8 Å². The van der Waals surface area contributed by atoms with Gasteiger partial charge in [0.2, 0.25) is 0 Å². The Morgan fingerprint density at radius 2 is 0.792 bits per heavy atom. The van der Waals surface area contributed by atoms with Gasteiger partial charge in [-0.25, -0.2) is 0 Å². The molecule has 0 aliphatic heterocycles. The van der Waals surface area contributed by atoms with E-state index in [1.807, 2.05) is 0 Å². The Morgan fingerprint density at radius 3 is 0.917 bits per heavy atom. The Bertz CT molecular complexity index is 163. The minimum atomic E-state index is 0. The standard InChI is InChI=1S/C16H36N.C4H11N.2H2O/c1-5-9-13-17(14-10-6-2,15-11-7-3)16-12-8-4;1-2-3-4-5;;/h5-16H2,1-4H3;2-5H2,1H3;2*1H2/q+1;;;/p-1. The van der Waals surface area contributed by atoms with Crippen LogP contribution in [0.5, 0.6) is 0 Å². The molecule has 0 aliphatic rings. The van der Waals surface area contributed by atoms with Crippen molar-refractivity contribution in [3.8, 4) is 0 Å². The summed E-state index contributed by atoms with van der Waals surface area (Å²) in [5.74, 6) is 0. The summed E-state index contributed by atoms with van der Waals surface area (Å²) in [6.45, 7) is 18.0. The maximum absolute atomic E-state index is 5.14. The first kappa shape index (κ1) is 31.6. The molecule has 0 heterocycles. The van der Waals surface area contributed by atoms with Crippen molar-refractivity contribution in [2.24, 2.45) is 5.73 Å². The summed E-state index contributed by atoms with van der Waals surface area (Å²) in [6.07, 6.45) is 13.4. The van der Waals surface area contributed by atoms with Gasteiger partial charge in [-0.1, -0.05) is 66.7 Å². The van der Waals surface area contributed by atoms with Crippen molar-refractivity contribution >= 4 is 0 Å². The zero-order chi connectivity index (χ0) is 17.1. The number of nitrogens with two attached hydrogens (primary N) is 1. The predicted octanol–water partition coefficient (Wildman–Crippen LogP) is 4.75. The molecule has 4 nitrogen and oxygen atoms in total. The lowest BCUT2D eigenvalue weighted by atomic mass is 10.1. The summed E-state index contributed by atoms with van der Waals surface area (Å²) in [6, 6.07) is 0. The minimum Gasteiger partial charge on any atom is -0.870 e. The molecule has 0 amide bonds. The van der Waals surface area contributed by atoms with Crippen molar-refractivity contribution in [3.63, 3.8) is 0 Å². The second-order valence-corrected chi connectivity index (χ2v) is 6.79. The molecule has 0 unspecified atom stereocenters. The lowest BCUT2D eigenvalue weighted by Gasteiger charge is -2.39. The average Bonchev–Trinajstić information content (AvgIpc) is 2.55. The SMILES string of the molecule is CCCCN.CCCC[N+](CCCC)(CCCC)CCCC.O.[OH-]. The van der Waals surface area contributed by atoms with Gasteiger partial charge < -0.3 is 21.2 Å². The highest BCUT2D eigenvalue weighted by Crippen LogP contribution is 2.16. The molecule has 0 atom stereocenters. The third-order valence-corrected chi connectivity index (χ3v) is 4.50. The quantitative estimate of drug-likeness (QED) is 0.458. The predicted molar refractivity (Wildman–Crippen MR) is 109 cm³/mol. The average molecular weight is 351 g/mol. The van der Waals surface area contributed by atoms with Crippen molar-refractivity contribution in [2.75, 3.05) is 32.7 Å². The summed E-state index contributed by atoms with van der Waals surface area (Å²) in [7, 11) is 0. The molecule has 0 aromatic heterocycles. The van der Waals surface area contributed by atoms with Gasteiger partial charge in [0.25, 0.3) is 0 Å². The summed E-state index contributed by atoms with van der Waals surface area (Å²) in [4.78, 5) is 0. The fourth-order valence-electron chi connectivity index (χ4n) is 2.85. The molecule has 0 spiro atoms. The van der Waals surface area contributed by atoms with E-state index in [0.717, 1.165) is 6.54 Å². The van der Waals surface area contributed by atoms with Crippen molar-refractivity contribution in [3.05, 3.63) is 0 Å². The molecule has 152 valence electrons. The van der Waals surface area contributed by atoms with Gasteiger partial charge in [0.05, 0.1) is 26.2 Å². The van der Waals surface area contributed by atoms with Crippen LogP contribution in [0, 0.1) is 0 Å². The van der Waals surface area contributed by atoms with Gasteiger partial charge in [-0.05, 0) is 38.6 Å². The first-order valence-electron chi connectivity index (χ1n) is 10.2. The van der Waals surface area contributed by atoms with Gasteiger partial charge >= 0.3 is 0 Å². The van der Waals surface area contributed by atoms with Crippen LogP contribution in [0.4, 0.5) is 0 Å². The van der Waals surface area contributed by atoms with Crippen LogP contribution in [0.2, 0.25) is 0 Å². The number of rotatable bonds is 14. The Kier molecular flexibility index (Phi) is 33.0. The van der Waals surface area contributed by atoms with Crippen LogP contribution >= 0.6 is 0 Å². The summed E-state index contributed by atoms with van der Waals surface area (Å²) in [5.41, 5.74) is 5.14. The molecule has 0 fully saturated rings. The van der Waals surface area contributed by atoms with Crippen LogP contribution in [0.1, 0.15) is 98.8 Å². The molecule has 5 N–H and O–H groups in total. The van der Waals surface area contributed by atoms with Crippen LogP contribution in [-0.2, 0) is 0 Å². The molecule has 24 heavy (non-hydrogen) atoms. The van der Waals surface area contributed by atoms with E-state index in [4.69, 9.17) is 5.73 Å². The van der Waals surface area contributed by atoms with Crippen LogP contribution < -0.4 is 5.73 Å². The van der Waals surface area contributed by atoms with Crippen LogP contribution in [0.25, 0.3) is 0 Å². The zero-order valence-electron chi connectivity index (χ0n) is 17.6. The first-order valence-corrected chi connectivity index (χ1v) is 10.2. The van der Waals surface area contributed by atoms with Gasteiger partial charge in [-0.15, -0.1) is 0 Å². The van der Waals surface area contributed by atoms with Crippen LogP contribution in [0.15, 0.2) is 0 Å². The molecule has 0 bridgehead atoms. The number of hydrogen-bond donors (Lipinski definition) is 1. The number of quaternary nitrogens is 1. The molecule has 0 aromatic carbocycles. The molecule has 0 saturated heterocycles. The zero-order valence-corrected chi connectivity index (χ0v) is 17.6. The largest absolute Gasteiger partial charge is 0.870 e. The van der Waals surface area contributed by atoms with Crippen molar-refractivity contribution in [1.29, 1.82) is 0 Å². The third-order valence-electron chi connectivity index (χ3n) is 4.50. The highest BCUT2D eigenvalue weighted by molar-refractivity contribution is 4.49. The monoisotopic (exact) mass is 350 g/mol. The van der Waals surface area contributed by atoms with Crippen LogP contribution in [0.3, 0.4) is 0 Å². The number of hydrogen-bond acceptors (Lipinski definition) is 2. The van der Waals surface area contributed by atoms with Gasteiger partial charge in [0, 0.05) is 0 Å². The van der Waals surface area contributed by atoms with Crippen molar-refractivity contribution in [1.82, 2.24) is 0 Å². The van der Waals surface area contributed by atoms with Gasteiger partial charge in [0.1, 0.15) is 0 Å². The Balaban J connectivity index is -0.000000250. The maximum atomic E-state index is 5.14. The fourth-order valence-corrected chi connectivity index (χ4v) is 2.85. The lowest BCUT2D eigenvalue weighted by molar-refractivity contribution is -0.929. The second kappa shape index (κ2) is 25.1. The minimum absolute atomic E-state index is 0. The van der Waals surface area contributed by atoms with E-state index in [1.54, 1.807) is 0 Å². The molecule has 0 rings (SSSR count). The molecule has 0 saturated carbocycles. The Labute approximate surface area is 153 Å². The first-order chi connectivity index (χ1) is 10.7. The molecule has 0 aromatic rings. The van der Waals surface area contributed by atoms with E-state index in [9.17, 15) is 0 Å². The molecule has 4 heteroatoms. The number of unbranched alkanes of at least 4 members (excludes halogenated alkanes) is 5. The highest BCUT2D eigenvalue weighted by atomic mass is 16.0. The molecular weight excluding hydrogens is 300 g/mol. The number of nitrogens with zero attached hydrogens (tertiary/aromatic N) is 1. The maximum Gasteiger partial charge on any atom is 0.0786 e. The van der Waals surface area contributed by atoms with Crippen molar-refractivity contribution < 1.29 is 15.4 Å². The Morgan fingerprint density at radius 1 is 0.542 bits per heavy atom. The highest BCUT2D eigenvalue weighted by Gasteiger charge is 2.24. The van der Waals surface area contributed by atoms with E-state index in [-0.39, 0.29) is 11.0 Å². The normalized spacial score (nSPS) is 10.2.